The third-order valence-corrected chi connectivity index (χ3v) is 3.15. The van der Waals surface area contributed by atoms with Crippen LogP contribution in [0.25, 0.3) is 0 Å². The summed E-state index contributed by atoms with van der Waals surface area (Å²) in [5.74, 6) is 0.331. The van der Waals surface area contributed by atoms with E-state index < -0.39 is 0 Å². The number of nitrogens with one attached hydrogen (secondary N) is 2. The lowest BCUT2D eigenvalue weighted by Gasteiger charge is -2.07. The van der Waals surface area contributed by atoms with Gasteiger partial charge in [-0.2, -0.15) is 0 Å². The molecule has 0 aliphatic carbocycles. The molecule has 21 heavy (non-hydrogen) atoms. The van der Waals surface area contributed by atoms with Crippen molar-refractivity contribution in [1.29, 1.82) is 0 Å². The molecule has 0 radical (unpaired) electrons. The molecular weight excluding hydrogens is 447 g/mol. The maximum atomic E-state index is 11.8. The zero-order chi connectivity index (χ0) is 14.8. The summed E-state index contributed by atoms with van der Waals surface area (Å²) in [5.41, 5.74) is 6.32. The van der Waals surface area contributed by atoms with Gasteiger partial charge in [0.05, 0.1) is 0 Å². The third-order valence-electron chi connectivity index (χ3n) is 2.62. The normalized spacial score (nSPS) is 10.7. The van der Waals surface area contributed by atoms with Gasteiger partial charge in [0.15, 0.2) is 5.96 Å². The quantitative estimate of drug-likeness (QED) is 0.249. The summed E-state index contributed by atoms with van der Waals surface area (Å²) in [4.78, 5) is 16.0. The van der Waals surface area contributed by atoms with Crippen LogP contribution >= 0.6 is 39.9 Å². The van der Waals surface area contributed by atoms with Gasteiger partial charge in [-0.25, -0.2) is 0 Å². The number of nitrogens with two attached hydrogens (primary N) is 1. The van der Waals surface area contributed by atoms with Gasteiger partial charge in [-0.05, 0) is 30.7 Å². The number of halogens is 2. The summed E-state index contributed by atoms with van der Waals surface area (Å²) in [7, 11) is 0. The van der Waals surface area contributed by atoms with Crippen molar-refractivity contribution < 1.29 is 4.79 Å². The highest BCUT2D eigenvalue weighted by molar-refractivity contribution is 14.0. The van der Waals surface area contributed by atoms with E-state index >= 15 is 0 Å². The second-order valence-corrected chi connectivity index (χ2v) is 5.23. The number of hydrogen-bond donors (Lipinski definition) is 3. The molecule has 0 heterocycles. The first kappa shape index (κ1) is 20.2. The molecule has 0 aromatic heterocycles. The number of carbonyl (C=O) groups is 1. The molecule has 7 heteroatoms. The lowest BCUT2D eigenvalue weighted by molar-refractivity contribution is 0.0954. The van der Waals surface area contributed by atoms with E-state index in [2.05, 4.69) is 38.5 Å². The topological polar surface area (TPSA) is 79.5 Å². The summed E-state index contributed by atoms with van der Waals surface area (Å²) >= 11 is 3.33. The third kappa shape index (κ3) is 8.92. The smallest absolute Gasteiger partial charge is 0.251 e. The zero-order valence-electron chi connectivity index (χ0n) is 12.1. The number of unbranched alkanes of at least 4 members (excludes halogenated alkanes) is 1. The van der Waals surface area contributed by atoms with Crippen molar-refractivity contribution in [3.8, 4) is 0 Å². The molecule has 1 aromatic rings. The minimum absolute atomic E-state index is 0. The fraction of sp³-hybridized carbons (Fsp3) is 0.429. The van der Waals surface area contributed by atoms with Gasteiger partial charge in [-0.1, -0.05) is 29.3 Å². The Hall–Kier alpha value is -0.830. The number of carbonyl (C=O) groups excluding carboxylic acids is 1. The maximum Gasteiger partial charge on any atom is 0.251 e. The Morgan fingerprint density at radius 3 is 2.48 bits per heavy atom. The number of amides is 1. The monoisotopic (exact) mass is 468 g/mol. The van der Waals surface area contributed by atoms with E-state index in [-0.39, 0.29) is 29.9 Å². The fourth-order valence-electron chi connectivity index (χ4n) is 1.48. The van der Waals surface area contributed by atoms with Gasteiger partial charge in [-0.3, -0.25) is 9.79 Å². The molecule has 1 aromatic carbocycles. The average molecular weight is 469 g/mol. The molecule has 0 saturated carbocycles. The van der Waals surface area contributed by atoms with E-state index in [0.717, 1.165) is 23.9 Å². The van der Waals surface area contributed by atoms with Gasteiger partial charge in [0.1, 0.15) is 0 Å². The van der Waals surface area contributed by atoms with Crippen LogP contribution in [0.2, 0.25) is 0 Å². The van der Waals surface area contributed by atoms with Crippen LogP contribution in [-0.2, 0) is 0 Å². The van der Waals surface area contributed by atoms with Crippen LogP contribution in [0, 0.1) is 0 Å². The second-order valence-electron chi connectivity index (χ2n) is 4.31. The van der Waals surface area contributed by atoms with E-state index in [0.29, 0.717) is 24.6 Å². The summed E-state index contributed by atoms with van der Waals surface area (Å²) in [6.07, 6.45) is 2.13. The van der Waals surface area contributed by atoms with Crippen molar-refractivity contribution in [2.75, 3.05) is 19.6 Å². The highest BCUT2D eigenvalue weighted by Gasteiger charge is 2.03. The number of guanidine groups is 1. The van der Waals surface area contributed by atoms with Crippen molar-refractivity contribution in [3.63, 3.8) is 0 Å². The van der Waals surface area contributed by atoms with Crippen LogP contribution in [-0.4, -0.2) is 31.5 Å². The number of rotatable bonds is 7. The SMILES string of the molecule is CCCCN=C(N)NCCNC(=O)c1ccc(Br)cc1.I. The maximum absolute atomic E-state index is 11.8. The molecule has 1 rings (SSSR count). The van der Waals surface area contributed by atoms with E-state index in [1.165, 1.54) is 0 Å². The fourth-order valence-corrected chi connectivity index (χ4v) is 1.75. The summed E-state index contributed by atoms with van der Waals surface area (Å²) in [6, 6.07) is 7.22. The van der Waals surface area contributed by atoms with Gasteiger partial charge in [-0.15, -0.1) is 24.0 Å². The molecule has 1 amide bonds. The first-order valence-corrected chi connectivity index (χ1v) is 7.50. The average Bonchev–Trinajstić information content (AvgIpc) is 2.44. The van der Waals surface area contributed by atoms with Crippen molar-refractivity contribution in [2.45, 2.75) is 19.8 Å². The highest BCUT2D eigenvalue weighted by Crippen LogP contribution is 2.10. The summed E-state index contributed by atoms with van der Waals surface area (Å²) < 4.78 is 0.951. The summed E-state index contributed by atoms with van der Waals surface area (Å²) in [6.45, 7) is 3.90. The number of nitrogens with zero attached hydrogens (tertiary/aromatic N) is 1. The molecule has 118 valence electrons. The molecular formula is C14H22BrIN4O. The largest absolute Gasteiger partial charge is 0.370 e. The van der Waals surface area contributed by atoms with E-state index in [1.807, 2.05) is 12.1 Å². The van der Waals surface area contributed by atoms with Crippen LogP contribution in [0.4, 0.5) is 0 Å². The lowest BCUT2D eigenvalue weighted by atomic mass is 10.2. The van der Waals surface area contributed by atoms with Crippen molar-refractivity contribution in [3.05, 3.63) is 34.3 Å². The Kier molecular flexibility index (Phi) is 11.3. The first-order valence-electron chi connectivity index (χ1n) is 6.71. The van der Waals surface area contributed by atoms with Crippen molar-refractivity contribution >= 4 is 51.8 Å². The van der Waals surface area contributed by atoms with E-state index in [4.69, 9.17) is 5.73 Å². The second kappa shape index (κ2) is 11.8. The highest BCUT2D eigenvalue weighted by atomic mass is 127. The summed E-state index contributed by atoms with van der Waals surface area (Å²) in [5, 5.41) is 5.78. The molecule has 0 saturated heterocycles. The molecule has 0 aliphatic rings. The minimum atomic E-state index is -0.0965. The number of benzene rings is 1. The van der Waals surface area contributed by atoms with Gasteiger partial charge < -0.3 is 16.4 Å². The van der Waals surface area contributed by atoms with E-state index in [1.54, 1.807) is 12.1 Å². The predicted molar refractivity (Wildman–Crippen MR) is 101 cm³/mol. The van der Waals surface area contributed by atoms with Crippen molar-refractivity contribution in [1.82, 2.24) is 10.6 Å². The standard InChI is InChI=1S/C14H21BrN4O.HI/c1-2-3-8-18-14(16)19-10-9-17-13(20)11-4-6-12(15)7-5-11;/h4-7H,2-3,8-10H2,1H3,(H,17,20)(H3,16,18,19);1H. The Morgan fingerprint density at radius 2 is 1.86 bits per heavy atom. The molecule has 0 atom stereocenters. The van der Waals surface area contributed by atoms with Gasteiger partial charge in [0.2, 0.25) is 0 Å². The Labute approximate surface area is 151 Å². The number of aliphatic imine (C=N–C) groups is 1. The van der Waals surface area contributed by atoms with Gasteiger partial charge in [0, 0.05) is 29.7 Å². The van der Waals surface area contributed by atoms with Crippen LogP contribution in [0.15, 0.2) is 33.7 Å². The minimum Gasteiger partial charge on any atom is -0.370 e. The Morgan fingerprint density at radius 1 is 1.24 bits per heavy atom. The van der Waals surface area contributed by atoms with Gasteiger partial charge >= 0.3 is 0 Å². The number of hydrogen-bond acceptors (Lipinski definition) is 2. The molecule has 0 spiro atoms. The molecule has 4 N–H and O–H groups in total. The molecule has 0 unspecified atom stereocenters. The van der Waals surface area contributed by atoms with Crippen LogP contribution in [0.1, 0.15) is 30.1 Å². The van der Waals surface area contributed by atoms with E-state index in [9.17, 15) is 4.79 Å². The zero-order valence-corrected chi connectivity index (χ0v) is 16.0. The van der Waals surface area contributed by atoms with Crippen LogP contribution in [0.3, 0.4) is 0 Å². The molecule has 0 bridgehead atoms. The molecule has 0 fully saturated rings. The van der Waals surface area contributed by atoms with Gasteiger partial charge in [0.25, 0.3) is 5.91 Å². The Bertz CT molecular complexity index is 451. The molecule has 5 nitrogen and oxygen atoms in total. The lowest BCUT2D eigenvalue weighted by Crippen LogP contribution is -2.38. The van der Waals surface area contributed by atoms with Crippen LogP contribution in [0.5, 0.6) is 0 Å². The first-order chi connectivity index (χ1) is 9.63. The van der Waals surface area contributed by atoms with Crippen molar-refractivity contribution in [2.24, 2.45) is 10.7 Å². The predicted octanol–water partition coefficient (Wildman–Crippen LogP) is 2.50. The molecule has 0 aliphatic heterocycles. The van der Waals surface area contributed by atoms with Crippen LogP contribution < -0.4 is 16.4 Å². The Balaban J connectivity index is 0.00000400.